The van der Waals surface area contributed by atoms with E-state index < -0.39 is 0 Å². The maximum absolute atomic E-state index is 4.00. The molecule has 1 atom stereocenters. The van der Waals surface area contributed by atoms with Crippen LogP contribution in [0, 0.1) is 0 Å². The van der Waals surface area contributed by atoms with E-state index in [2.05, 4.69) is 37.7 Å². The van der Waals surface area contributed by atoms with E-state index in [9.17, 15) is 0 Å². The summed E-state index contributed by atoms with van der Waals surface area (Å²) >= 11 is 4.00. The Balaban J connectivity index is -0.000000529. The zero-order valence-electron chi connectivity index (χ0n) is 11.1. The molecule has 1 nitrogen and oxygen atoms in total. The van der Waals surface area contributed by atoms with Crippen molar-refractivity contribution in [2.75, 3.05) is 19.1 Å². The molecule has 0 aromatic carbocycles. The van der Waals surface area contributed by atoms with Gasteiger partial charge in [0.1, 0.15) is 0 Å². The number of rotatable bonds is 8. The molecule has 0 aromatic heterocycles. The molecule has 1 N–H and O–H groups in total. The van der Waals surface area contributed by atoms with Crippen LogP contribution in [0.2, 0.25) is 0 Å². The third-order valence-corrected chi connectivity index (χ3v) is 4.17. The van der Waals surface area contributed by atoms with Gasteiger partial charge in [-0.15, -0.1) is 6.58 Å². The zero-order chi connectivity index (χ0) is 12.1. The predicted octanol–water partition coefficient (Wildman–Crippen LogP) is 4.65. The van der Waals surface area contributed by atoms with Gasteiger partial charge in [-0.2, -0.15) is 0 Å². The summed E-state index contributed by atoms with van der Waals surface area (Å²) in [5.41, 5.74) is 1.32. The second-order valence-electron chi connectivity index (χ2n) is 3.66. The smallest absolute Gasteiger partial charge is 0.0254 e. The fourth-order valence-corrected chi connectivity index (χ4v) is 3.07. The summed E-state index contributed by atoms with van der Waals surface area (Å²) in [6.07, 6.45) is 7.69. The molecule has 0 bridgehead atoms. The Morgan fingerprint density at radius 2 is 1.81 bits per heavy atom. The number of thiol groups is 1. The van der Waals surface area contributed by atoms with E-state index >= 15 is 0 Å². The summed E-state index contributed by atoms with van der Waals surface area (Å²) in [7, 11) is 0.177. The molecule has 0 fully saturated rings. The van der Waals surface area contributed by atoms with Gasteiger partial charge in [-0.1, -0.05) is 46.6 Å². The van der Waals surface area contributed by atoms with Gasteiger partial charge in [0.25, 0.3) is 0 Å². The van der Waals surface area contributed by atoms with E-state index in [0.29, 0.717) is 0 Å². The Hall–Kier alpha value is -0.520. The van der Waals surface area contributed by atoms with Crippen molar-refractivity contribution in [3.05, 3.63) is 12.2 Å². The van der Waals surface area contributed by atoms with E-state index in [4.69, 9.17) is 0 Å². The van der Waals surface area contributed by atoms with Gasteiger partial charge in [-0.05, 0) is 39.0 Å². The molecule has 0 saturated heterocycles. The first kappa shape index (κ1) is 20.8. The number of nitrogens with one attached hydrogen (secondary N) is 1. The molecule has 0 aliphatic rings. The van der Waals surface area contributed by atoms with Crippen LogP contribution in [0.5, 0.6) is 0 Å². The number of hydrogen-bond donors (Lipinski definition) is 2. The van der Waals surface area contributed by atoms with Crippen molar-refractivity contribution in [2.24, 2.45) is 0 Å². The van der Waals surface area contributed by atoms with Crippen molar-refractivity contribution in [3.8, 4) is 0 Å². The first-order valence-corrected chi connectivity index (χ1v) is 8.47. The summed E-state index contributed by atoms with van der Waals surface area (Å²) in [4.78, 5) is 0. The quantitative estimate of drug-likeness (QED) is 0.214. The minimum atomic E-state index is 0. The maximum atomic E-state index is 4.00. The Morgan fingerprint density at radius 3 is 2.25 bits per heavy atom. The topological polar surface area (TPSA) is 12.0 Å². The average molecular weight is 501 g/mol. The van der Waals surface area contributed by atoms with Crippen LogP contribution < -0.4 is 4.72 Å². The van der Waals surface area contributed by atoms with Crippen LogP contribution in [0.4, 0.5) is 0 Å². The van der Waals surface area contributed by atoms with Crippen LogP contribution in [0.1, 0.15) is 46.5 Å². The molecule has 1 radical (unpaired) electrons. The molecule has 16 heavy (non-hydrogen) atoms. The molecule has 0 aromatic rings. The van der Waals surface area contributed by atoms with Crippen LogP contribution in [0.3, 0.4) is 0 Å². The van der Waals surface area contributed by atoms with Crippen molar-refractivity contribution >= 4 is 20.7 Å². The van der Waals surface area contributed by atoms with Crippen LogP contribution in [0.15, 0.2) is 12.2 Å². The third-order valence-electron chi connectivity index (χ3n) is 1.98. The van der Waals surface area contributed by atoms with Crippen molar-refractivity contribution in [1.82, 2.24) is 4.72 Å². The van der Waals surface area contributed by atoms with Gasteiger partial charge in [0, 0.05) is 6.29 Å². The molecule has 0 heterocycles. The van der Waals surface area contributed by atoms with Crippen LogP contribution in [-0.4, -0.2) is 19.1 Å². The summed E-state index contributed by atoms with van der Waals surface area (Å²) in [5.74, 6) is 0. The summed E-state index contributed by atoms with van der Waals surface area (Å²) in [6, 6.07) is 0. The molecule has 0 spiro atoms. The van der Waals surface area contributed by atoms with Gasteiger partial charge < -0.3 is 0 Å². The first-order chi connectivity index (χ1) is 7.16. The molecular weight excluding hydrogens is 473 g/mol. The number of hydrogen-bond acceptors (Lipinski definition) is 2. The molecule has 0 rings (SSSR count). The minimum Gasteiger partial charge on any atom is -0.263 e. The molecule has 4 heteroatoms. The van der Waals surface area contributed by atoms with E-state index in [1.807, 2.05) is 13.8 Å². The molecule has 1 unspecified atom stereocenters. The third kappa shape index (κ3) is 19.1. The molecule has 0 aliphatic carbocycles. The number of allylic oxidation sites excluding steroid dienone is 1. The Morgan fingerprint density at radius 1 is 1.25 bits per heavy atom. The SMILES string of the molecule is C=C(C)CCCCCP(C)CNS.CC.[Es]. The molecule has 0 aliphatic heterocycles. The monoisotopic (exact) mass is 501 g/mol. The van der Waals surface area contributed by atoms with Crippen molar-refractivity contribution in [3.63, 3.8) is 0 Å². The van der Waals surface area contributed by atoms with Gasteiger partial charge >= 0.3 is 0 Å². The van der Waals surface area contributed by atoms with Crippen molar-refractivity contribution < 1.29 is 0 Å². The van der Waals surface area contributed by atoms with Crippen molar-refractivity contribution in [1.29, 1.82) is 0 Å². The van der Waals surface area contributed by atoms with E-state index in [0.717, 1.165) is 6.29 Å². The van der Waals surface area contributed by atoms with Gasteiger partial charge in [0.15, 0.2) is 0 Å². The second kappa shape index (κ2) is 16.9. The Labute approximate surface area is 103 Å². The number of unbranched alkanes of at least 4 members (excludes halogenated alkanes) is 2. The van der Waals surface area contributed by atoms with Crippen LogP contribution in [-0.2, 0) is 0 Å². The normalized spacial score (nSPS) is 10.8. The predicted molar refractivity (Wildman–Crippen MR) is 79.3 cm³/mol. The summed E-state index contributed by atoms with van der Waals surface area (Å²) in [5, 5.41) is 0. The van der Waals surface area contributed by atoms with E-state index in [1.165, 1.54) is 37.4 Å². The van der Waals surface area contributed by atoms with Gasteiger partial charge in [-0.25, -0.2) is 0 Å². The standard InChI is InChI=1S/C10H22NPS.C2H6.Es/c1-10(2)7-5-4-6-8-12(3)9-11-13;1-2;/h11,13H,1,4-9H2,2-3H3;1-2H3;. The Bertz CT molecular complexity index is 145. The van der Waals surface area contributed by atoms with E-state index in [-0.39, 0.29) is 7.92 Å². The molecular formula is C12H28EsNPS. The van der Waals surface area contributed by atoms with E-state index in [1.54, 1.807) is 0 Å². The summed E-state index contributed by atoms with van der Waals surface area (Å²) in [6.45, 7) is 12.3. The van der Waals surface area contributed by atoms with Gasteiger partial charge in [0.2, 0.25) is 0 Å². The van der Waals surface area contributed by atoms with Gasteiger partial charge in [-0.3, -0.25) is 4.72 Å². The fourth-order valence-electron chi connectivity index (χ4n) is 1.19. The van der Waals surface area contributed by atoms with Crippen molar-refractivity contribution in [2.45, 2.75) is 46.5 Å². The molecule has 0 amide bonds. The molecule has 0 saturated carbocycles. The maximum Gasteiger partial charge on any atom is 0.0254 e. The average Bonchev–Trinajstić information content (AvgIpc) is 2.20. The van der Waals surface area contributed by atoms with Gasteiger partial charge in [0.05, 0.1) is 0 Å². The fraction of sp³-hybridized carbons (Fsp3) is 0.833. The zero-order valence-corrected chi connectivity index (χ0v) is 15.4. The van der Waals surface area contributed by atoms with Crippen LogP contribution >= 0.6 is 20.7 Å². The Kier molecular flexibility index (Phi) is 22.0. The van der Waals surface area contributed by atoms with Crippen LogP contribution in [0.25, 0.3) is 0 Å². The second-order valence-corrected chi connectivity index (χ2v) is 6.46. The minimum absolute atomic E-state index is 0. The first-order valence-electron chi connectivity index (χ1n) is 5.86. The largest absolute Gasteiger partial charge is 0.263 e. The molecule has 103 valence electrons. The summed E-state index contributed by atoms with van der Waals surface area (Å²) < 4.78 is 2.94.